The van der Waals surface area contributed by atoms with E-state index in [4.69, 9.17) is 5.73 Å². The van der Waals surface area contributed by atoms with Gasteiger partial charge in [0.2, 0.25) is 11.8 Å². The average molecular weight is 326 g/mol. The summed E-state index contributed by atoms with van der Waals surface area (Å²) >= 11 is 3.25. The van der Waals surface area contributed by atoms with Crippen molar-refractivity contribution in [2.75, 3.05) is 5.73 Å². The van der Waals surface area contributed by atoms with Gasteiger partial charge < -0.3 is 11.1 Å². The second-order valence-corrected chi connectivity index (χ2v) is 5.12. The molecule has 1 atom stereocenters. The van der Waals surface area contributed by atoms with Crippen LogP contribution >= 0.6 is 15.9 Å². The minimum Gasteiger partial charge on any atom is -0.398 e. The Bertz CT molecular complexity index is 559. The lowest BCUT2D eigenvalue weighted by Gasteiger charge is -2.22. The summed E-state index contributed by atoms with van der Waals surface area (Å²) in [7, 11) is 0. The van der Waals surface area contributed by atoms with Crippen molar-refractivity contribution >= 4 is 39.3 Å². The quantitative estimate of drug-likeness (QED) is 0.546. The van der Waals surface area contributed by atoms with Gasteiger partial charge in [-0.1, -0.05) is 15.9 Å². The molecule has 2 rings (SSSR count). The van der Waals surface area contributed by atoms with Gasteiger partial charge in [0, 0.05) is 16.6 Å². The van der Waals surface area contributed by atoms with E-state index in [0.29, 0.717) is 17.7 Å². The summed E-state index contributed by atoms with van der Waals surface area (Å²) in [6.45, 7) is 0. The monoisotopic (exact) mass is 325 g/mol. The first-order chi connectivity index (χ1) is 8.97. The Morgan fingerprint density at radius 3 is 2.79 bits per heavy atom. The van der Waals surface area contributed by atoms with Crippen LogP contribution in [0.4, 0.5) is 5.69 Å². The maximum atomic E-state index is 12.0. The topological polar surface area (TPSA) is 101 Å². The van der Waals surface area contributed by atoms with Crippen molar-refractivity contribution in [1.82, 2.24) is 10.6 Å². The molecule has 1 unspecified atom stereocenters. The number of carbonyl (C=O) groups excluding carboxylic acids is 3. The van der Waals surface area contributed by atoms with Gasteiger partial charge in [0.1, 0.15) is 6.04 Å². The third-order valence-electron chi connectivity index (χ3n) is 2.80. The first kappa shape index (κ1) is 13.5. The van der Waals surface area contributed by atoms with Gasteiger partial charge in [-0.15, -0.1) is 0 Å². The molecule has 1 fully saturated rings. The van der Waals surface area contributed by atoms with Gasteiger partial charge in [0.15, 0.2) is 0 Å². The predicted octanol–water partition coefficient (Wildman–Crippen LogP) is 0.566. The van der Waals surface area contributed by atoms with Crippen LogP contribution < -0.4 is 16.4 Å². The van der Waals surface area contributed by atoms with Crippen molar-refractivity contribution in [2.24, 2.45) is 0 Å². The number of piperidine rings is 1. The van der Waals surface area contributed by atoms with Gasteiger partial charge in [-0.25, -0.2) is 0 Å². The van der Waals surface area contributed by atoms with Crippen LogP contribution in [0.15, 0.2) is 22.7 Å². The number of hydrogen-bond donors (Lipinski definition) is 3. The molecule has 1 aromatic carbocycles. The van der Waals surface area contributed by atoms with E-state index in [1.807, 2.05) is 0 Å². The molecule has 6 nitrogen and oxygen atoms in total. The maximum Gasteiger partial charge on any atom is 0.254 e. The maximum absolute atomic E-state index is 12.0. The molecule has 1 aliphatic rings. The summed E-state index contributed by atoms with van der Waals surface area (Å²) in [6, 6.07) is 4.17. The standard InChI is InChI=1S/C12H12BrN3O3/c13-6-1-2-7(8(14)5-6)11(18)15-9-3-4-10(17)16-12(9)19/h1-2,5,9H,3-4,14H2,(H,15,18)(H,16,17,19). The van der Waals surface area contributed by atoms with E-state index >= 15 is 0 Å². The van der Waals surface area contributed by atoms with Crippen molar-refractivity contribution in [3.63, 3.8) is 0 Å². The van der Waals surface area contributed by atoms with Gasteiger partial charge in [-0.3, -0.25) is 19.7 Å². The molecule has 0 aromatic heterocycles. The fraction of sp³-hybridized carbons (Fsp3) is 0.250. The molecule has 1 heterocycles. The van der Waals surface area contributed by atoms with E-state index in [1.54, 1.807) is 18.2 Å². The van der Waals surface area contributed by atoms with Gasteiger partial charge in [-0.2, -0.15) is 0 Å². The molecule has 1 aromatic rings. The van der Waals surface area contributed by atoms with Crippen LogP contribution in [0.1, 0.15) is 23.2 Å². The zero-order valence-electron chi connectivity index (χ0n) is 9.90. The zero-order valence-corrected chi connectivity index (χ0v) is 11.5. The number of hydrogen-bond acceptors (Lipinski definition) is 4. The number of imide groups is 1. The fourth-order valence-electron chi connectivity index (χ4n) is 1.81. The molecule has 1 aliphatic heterocycles. The highest BCUT2D eigenvalue weighted by molar-refractivity contribution is 9.10. The number of amides is 3. The van der Waals surface area contributed by atoms with Crippen LogP contribution in [-0.2, 0) is 9.59 Å². The summed E-state index contributed by atoms with van der Waals surface area (Å²) in [4.78, 5) is 34.5. The third-order valence-corrected chi connectivity index (χ3v) is 3.30. The lowest BCUT2D eigenvalue weighted by Crippen LogP contribution is -2.52. The van der Waals surface area contributed by atoms with Crippen LogP contribution in [0.5, 0.6) is 0 Å². The Balaban J connectivity index is 2.09. The molecule has 0 spiro atoms. The summed E-state index contributed by atoms with van der Waals surface area (Å²) < 4.78 is 0.766. The number of nitrogen functional groups attached to an aromatic ring is 1. The van der Waals surface area contributed by atoms with E-state index in [1.165, 1.54) is 0 Å². The van der Waals surface area contributed by atoms with Crippen LogP contribution in [-0.4, -0.2) is 23.8 Å². The van der Waals surface area contributed by atoms with Crippen molar-refractivity contribution < 1.29 is 14.4 Å². The van der Waals surface area contributed by atoms with Gasteiger partial charge in [0.05, 0.1) is 5.56 Å². The second kappa shape index (κ2) is 5.40. The molecule has 4 N–H and O–H groups in total. The third kappa shape index (κ3) is 3.11. The Labute approximate surface area is 117 Å². The van der Waals surface area contributed by atoms with E-state index < -0.39 is 17.9 Å². The number of benzene rings is 1. The van der Waals surface area contributed by atoms with E-state index in [9.17, 15) is 14.4 Å². The van der Waals surface area contributed by atoms with E-state index in [-0.39, 0.29) is 12.3 Å². The summed E-state index contributed by atoms with van der Waals surface area (Å²) in [5.74, 6) is -1.24. The molecule has 3 amide bonds. The van der Waals surface area contributed by atoms with E-state index in [2.05, 4.69) is 26.6 Å². The number of anilines is 1. The summed E-state index contributed by atoms with van der Waals surface area (Å²) in [5, 5.41) is 4.75. The van der Waals surface area contributed by atoms with Crippen molar-refractivity contribution in [3.8, 4) is 0 Å². The predicted molar refractivity (Wildman–Crippen MR) is 72.2 cm³/mol. The van der Waals surface area contributed by atoms with Crippen molar-refractivity contribution in [3.05, 3.63) is 28.2 Å². The van der Waals surface area contributed by atoms with Crippen LogP contribution in [0, 0.1) is 0 Å². The Morgan fingerprint density at radius 2 is 2.16 bits per heavy atom. The Hall–Kier alpha value is -1.89. The molecule has 1 saturated heterocycles. The number of halogens is 1. The first-order valence-electron chi connectivity index (χ1n) is 5.67. The van der Waals surface area contributed by atoms with Gasteiger partial charge >= 0.3 is 0 Å². The molecule has 0 saturated carbocycles. The molecule has 0 radical (unpaired) electrons. The Kier molecular flexibility index (Phi) is 3.84. The first-order valence-corrected chi connectivity index (χ1v) is 6.46. The molecular formula is C12H12BrN3O3. The highest BCUT2D eigenvalue weighted by atomic mass is 79.9. The fourth-order valence-corrected chi connectivity index (χ4v) is 2.19. The number of rotatable bonds is 2. The summed E-state index contributed by atoms with van der Waals surface area (Å²) in [5.41, 5.74) is 6.36. The van der Waals surface area contributed by atoms with Crippen LogP contribution in [0.2, 0.25) is 0 Å². The van der Waals surface area contributed by atoms with Gasteiger partial charge in [0.25, 0.3) is 5.91 Å². The Morgan fingerprint density at radius 1 is 1.42 bits per heavy atom. The van der Waals surface area contributed by atoms with Crippen molar-refractivity contribution in [2.45, 2.75) is 18.9 Å². The minimum absolute atomic E-state index is 0.215. The lowest BCUT2D eigenvalue weighted by atomic mass is 10.1. The number of nitrogens with one attached hydrogen (secondary N) is 2. The number of nitrogens with two attached hydrogens (primary N) is 1. The van der Waals surface area contributed by atoms with Crippen molar-refractivity contribution in [1.29, 1.82) is 0 Å². The molecule has 7 heteroatoms. The molecule has 0 bridgehead atoms. The highest BCUT2D eigenvalue weighted by Gasteiger charge is 2.28. The van der Waals surface area contributed by atoms with Crippen LogP contribution in [0.25, 0.3) is 0 Å². The number of carbonyl (C=O) groups is 3. The highest BCUT2D eigenvalue weighted by Crippen LogP contribution is 2.19. The zero-order chi connectivity index (χ0) is 14.0. The molecular weight excluding hydrogens is 314 g/mol. The average Bonchev–Trinajstić information content (AvgIpc) is 2.32. The smallest absolute Gasteiger partial charge is 0.254 e. The summed E-state index contributed by atoms with van der Waals surface area (Å²) in [6.07, 6.45) is 0.513. The molecule has 0 aliphatic carbocycles. The second-order valence-electron chi connectivity index (χ2n) is 4.21. The largest absolute Gasteiger partial charge is 0.398 e. The molecule has 19 heavy (non-hydrogen) atoms. The van der Waals surface area contributed by atoms with Gasteiger partial charge in [-0.05, 0) is 24.6 Å². The minimum atomic E-state index is -0.701. The molecule has 100 valence electrons. The lowest BCUT2D eigenvalue weighted by molar-refractivity contribution is -0.134. The van der Waals surface area contributed by atoms with Crippen LogP contribution in [0.3, 0.4) is 0 Å². The SMILES string of the molecule is Nc1cc(Br)ccc1C(=O)NC1CCC(=O)NC1=O. The normalized spacial score (nSPS) is 18.9. The van der Waals surface area contributed by atoms with E-state index in [0.717, 1.165) is 4.47 Å².